The molecule has 1 aromatic heterocycles. The van der Waals surface area contributed by atoms with Gasteiger partial charge in [0.05, 0.1) is 6.61 Å². The molecule has 0 aromatic carbocycles. The van der Waals surface area contributed by atoms with E-state index in [1.165, 1.54) is 0 Å². The second-order valence-corrected chi connectivity index (χ2v) is 5.19. The van der Waals surface area contributed by atoms with Crippen LogP contribution in [0.2, 0.25) is 0 Å². The zero-order chi connectivity index (χ0) is 14.4. The highest BCUT2D eigenvalue weighted by atomic mass is 16.5. The number of ether oxygens (including phenoxy) is 1. The Kier molecular flexibility index (Phi) is 5.75. The van der Waals surface area contributed by atoms with Gasteiger partial charge in [0.15, 0.2) is 0 Å². The maximum atomic E-state index is 5.36. The Hall–Kier alpha value is -1.18. The van der Waals surface area contributed by atoms with Crippen molar-refractivity contribution in [2.24, 2.45) is 0 Å². The normalized spacial score (nSPS) is 18.4. The fraction of sp³-hybridized carbons (Fsp3) is 0.846. The molecule has 1 N–H and O–H groups in total. The van der Waals surface area contributed by atoms with Gasteiger partial charge in [-0.15, -0.1) is 0 Å². The average molecular weight is 283 g/mol. The minimum Gasteiger partial charge on any atom is -0.383 e. The molecule has 1 atom stereocenters. The van der Waals surface area contributed by atoms with E-state index in [2.05, 4.69) is 39.2 Å². The molecule has 1 unspecified atom stereocenters. The molecule has 1 fully saturated rings. The van der Waals surface area contributed by atoms with Gasteiger partial charge >= 0.3 is 0 Å². The molecule has 7 nitrogen and oxygen atoms in total. The van der Waals surface area contributed by atoms with Gasteiger partial charge in [0, 0.05) is 45.8 Å². The summed E-state index contributed by atoms with van der Waals surface area (Å²) in [6.45, 7) is 7.58. The molecule has 1 saturated heterocycles. The van der Waals surface area contributed by atoms with E-state index >= 15 is 0 Å². The Morgan fingerprint density at radius 3 is 2.75 bits per heavy atom. The van der Waals surface area contributed by atoms with Crippen molar-refractivity contribution >= 4 is 5.95 Å². The maximum Gasteiger partial charge on any atom is 0.266 e. The van der Waals surface area contributed by atoms with E-state index in [1.54, 1.807) is 7.11 Å². The summed E-state index contributed by atoms with van der Waals surface area (Å²) in [6.07, 6.45) is 0.697. The van der Waals surface area contributed by atoms with Crippen molar-refractivity contribution in [3.63, 3.8) is 0 Å². The SMILES string of the molecule is CCNC(COC)Cc1nc(N2CCN(C)CC2)no1. The van der Waals surface area contributed by atoms with E-state index in [-0.39, 0.29) is 6.04 Å². The zero-order valence-corrected chi connectivity index (χ0v) is 12.6. The van der Waals surface area contributed by atoms with Gasteiger partial charge in [-0.05, 0) is 18.7 Å². The Labute approximate surface area is 120 Å². The van der Waals surface area contributed by atoms with Gasteiger partial charge in [-0.1, -0.05) is 6.92 Å². The number of hydrogen-bond acceptors (Lipinski definition) is 7. The second-order valence-electron chi connectivity index (χ2n) is 5.19. The summed E-state index contributed by atoms with van der Waals surface area (Å²) in [6, 6.07) is 0.214. The first-order valence-electron chi connectivity index (χ1n) is 7.21. The monoisotopic (exact) mass is 283 g/mol. The number of aromatic nitrogens is 2. The van der Waals surface area contributed by atoms with Gasteiger partial charge in [0.1, 0.15) is 0 Å². The first kappa shape index (κ1) is 15.2. The summed E-state index contributed by atoms with van der Waals surface area (Å²) < 4.78 is 10.6. The van der Waals surface area contributed by atoms with Gasteiger partial charge in [-0.2, -0.15) is 4.98 Å². The zero-order valence-electron chi connectivity index (χ0n) is 12.6. The van der Waals surface area contributed by atoms with Crippen LogP contribution in [0.4, 0.5) is 5.95 Å². The molecule has 2 rings (SSSR count). The van der Waals surface area contributed by atoms with Crippen molar-refractivity contribution in [3.8, 4) is 0 Å². The van der Waals surface area contributed by atoms with E-state index in [0.717, 1.165) is 32.7 Å². The van der Waals surface area contributed by atoms with Crippen LogP contribution in [0.3, 0.4) is 0 Å². The minimum absolute atomic E-state index is 0.214. The largest absolute Gasteiger partial charge is 0.383 e. The van der Waals surface area contributed by atoms with Gasteiger partial charge in [-0.25, -0.2) is 0 Å². The summed E-state index contributed by atoms with van der Waals surface area (Å²) >= 11 is 0. The number of rotatable bonds is 7. The second kappa shape index (κ2) is 7.56. The van der Waals surface area contributed by atoms with E-state index < -0.39 is 0 Å². The number of methoxy groups -OCH3 is 1. The number of likely N-dealkylation sites (N-methyl/N-ethyl adjacent to an activating group) is 2. The molecule has 2 heterocycles. The van der Waals surface area contributed by atoms with E-state index in [9.17, 15) is 0 Å². The lowest BCUT2D eigenvalue weighted by atomic mass is 10.2. The maximum absolute atomic E-state index is 5.36. The van der Waals surface area contributed by atoms with Crippen molar-refractivity contribution in [2.75, 3.05) is 58.4 Å². The molecule has 7 heteroatoms. The number of piperazine rings is 1. The highest BCUT2D eigenvalue weighted by molar-refractivity contribution is 5.28. The van der Waals surface area contributed by atoms with Crippen LogP contribution in [-0.4, -0.2) is 74.6 Å². The highest BCUT2D eigenvalue weighted by Crippen LogP contribution is 2.13. The quantitative estimate of drug-likeness (QED) is 0.755. The Bertz CT molecular complexity index is 384. The van der Waals surface area contributed by atoms with Crippen LogP contribution in [-0.2, 0) is 11.2 Å². The molecule has 1 aliphatic heterocycles. The van der Waals surface area contributed by atoms with Crippen LogP contribution in [0.15, 0.2) is 4.52 Å². The smallest absolute Gasteiger partial charge is 0.266 e. The summed E-state index contributed by atoms with van der Waals surface area (Å²) in [5.74, 6) is 1.38. The first-order chi connectivity index (χ1) is 9.72. The third-order valence-electron chi connectivity index (χ3n) is 3.53. The number of nitrogens with one attached hydrogen (secondary N) is 1. The van der Waals surface area contributed by atoms with Crippen molar-refractivity contribution < 1.29 is 9.26 Å². The molecule has 114 valence electrons. The lowest BCUT2D eigenvalue weighted by molar-refractivity contribution is 0.162. The van der Waals surface area contributed by atoms with E-state index in [1.807, 2.05) is 0 Å². The molecule has 0 aliphatic carbocycles. The number of anilines is 1. The fourth-order valence-corrected chi connectivity index (χ4v) is 2.35. The fourth-order valence-electron chi connectivity index (χ4n) is 2.35. The van der Waals surface area contributed by atoms with Crippen LogP contribution in [0.25, 0.3) is 0 Å². The van der Waals surface area contributed by atoms with Gasteiger partial charge in [0.2, 0.25) is 5.89 Å². The molecule has 0 saturated carbocycles. The van der Waals surface area contributed by atoms with Crippen LogP contribution in [0, 0.1) is 0 Å². The molecule has 0 bridgehead atoms. The topological polar surface area (TPSA) is 66.7 Å². The molecule has 20 heavy (non-hydrogen) atoms. The summed E-state index contributed by atoms with van der Waals surface area (Å²) in [5.41, 5.74) is 0. The molecule has 1 aliphatic rings. The van der Waals surface area contributed by atoms with Gasteiger partial charge in [-0.3, -0.25) is 0 Å². The molecular weight excluding hydrogens is 258 g/mol. The molecule has 0 radical (unpaired) electrons. The van der Waals surface area contributed by atoms with Crippen LogP contribution >= 0.6 is 0 Å². The lowest BCUT2D eigenvalue weighted by Gasteiger charge is -2.31. The average Bonchev–Trinajstić information content (AvgIpc) is 2.89. The van der Waals surface area contributed by atoms with Gasteiger partial charge in [0.25, 0.3) is 5.95 Å². The lowest BCUT2D eigenvalue weighted by Crippen LogP contribution is -2.45. The Morgan fingerprint density at radius 1 is 1.35 bits per heavy atom. The minimum atomic E-state index is 0.214. The Balaban J connectivity index is 1.90. The molecule has 0 spiro atoms. The standard InChI is InChI=1S/C13H25N5O2/c1-4-14-11(10-19-3)9-12-15-13(16-20-12)18-7-5-17(2)6-8-18/h11,14H,4-10H2,1-3H3. The van der Waals surface area contributed by atoms with Crippen molar-refractivity contribution in [2.45, 2.75) is 19.4 Å². The van der Waals surface area contributed by atoms with Crippen molar-refractivity contribution in [3.05, 3.63) is 5.89 Å². The van der Waals surface area contributed by atoms with E-state index in [0.29, 0.717) is 24.9 Å². The third-order valence-corrected chi connectivity index (χ3v) is 3.53. The predicted molar refractivity (Wildman–Crippen MR) is 77.1 cm³/mol. The summed E-state index contributed by atoms with van der Waals surface area (Å²) in [5, 5.41) is 7.44. The number of hydrogen-bond donors (Lipinski definition) is 1. The number of nitrogens with zero attached hydrogens (tertiary/aromatic N) is 4. The van der Waals surface area contributed by atoms with Crippen LogP contribution in [0.5, 0.6) is 0 Å². The van der Waals surface area contributed by atoms with Gasteiger partial charge < -0.3 is 24.4 Å². The summed E-state index contributed by atoms with van der Waals surface area (Å²) in [4.78, 5) is 8.97. The molecule has 1 aromatic rings. The Morgan fingerprint density at radius 2 is 2.10 bits per heavy atom. The van der Waals surface area contributed by atoms with Crippen molar-refractivity contribution in [1.82, 2.24) is 20.4 Å². The van der Waals surface area contributed by atoms with E-state index in [4.69, 9.17) is 9.26 Å². The first-order valence-corrected chi connectivity index (χ1v) is 7.21. The molecule has 0 amide bonds. The van der Waals surface area contributed by atoms with Crippen molar-refractivity contribution in [1.29, 1.82) is 0 Å². The van der Waals surface area contributed by atoms with Crippen LogP contribution in [0.1, 0.15) is 12.8 Å². The predicted octanol–water partition coefficient (Wildman–Crippen LogP) is -0.0116. The third kappa shape index (κ3) is 4.16. The summed E-state index contributed by atoms with van der Waals surface area (Å²) in [7, 11) is 3.83. The molecular formula is C13H25N5O2. The highest BCUT2D eigenvalue weighted by Gasteiger charge is 2.20. The van der Waals surface area contributed by atoms with Crippen LogP contribution < -0.4 is 10.2 Å².